The quantitative estimate of drug-likeness (QED) is 0.852. The summed E-state index contributed by atoms with van der Waals surface area (Å²) >= 11 is 1.69. The fourth-order valence-electron chi connectivity index (χ4n) is 1.94. The van der Waals surface area contributed by atoms with Gasteiger partial charge in [0.1, 0.15) is 6.61 Å². The molecule has 0 unspecified atom stereocenters. The Morgan fingerprint density at radius 2 is 2.24 bits per heavy atom. The van der Waals surface area contributed by atoms with E-state index in [0.29, 0.717) is 17.7 Å². The van der Waals surface area contributed by atoms with Crippen molar-refractivity contribution < 1.29 is 9.90 Å². The van der Waals surface area contributed by atoms with Gasteiger partial charge in [-0.2, -0.15) is 0 Å². The molecule has 0 atom stereocenters. The summed E-state index contributed by atoms with van der Waals surface area (Å²) < 4.78 is 0. The van der Waals surface area contributed by atoms with Gasteiger partial charge in [-0.15, -0.1) is 11.3 Å². The van der Waals surface area contributed by atoms with Crippen molar-refractivity contribution in [2.75, 3.05) is 13.2 Å². The Morgan fingerprint density at radius 1 is 1.38 bits per heavy atom. The third kappa shape index (κ3) is 4.45. The first kappa shape index (κ1) is 15.3. The number of benzene rings is 1. The van der Waals surface area contributed by atoms with Crippen LogP contribution in [0.4, 0.5) is 0 Å². The number of aryl methyl sites for hydroxylation is 1. The van der Waals surface area contributed by atoms with Crippen LogP contribution in [0.3, 0.4) is 0 Å². The van der Waals surface area contributed by atoms with Gasteiger partial charge in [-0.1, -0.05) is 29.5 Å². The highest BCUT2D eigenvalue weighted by Crippen LogP contribution is 2.12. The maximum absolute atomic E-state index is 12.3. The molecule has 2 rings (SSSR count). The van der Waals surface area contributed by atoms with E-state index in [9.17, 15) is 4.79 Å². The van der Waals surface area contributed by atoms with Crippen LogP contribution in [-0.2, 0) is 6.42 Å². The topological polar surface area (TPSA) is 49.3 Å². The largest absolute Gasteiger partial charge is 0.384 e. The molecule has 2 N–H and O–H groups in total. The lowest BCUT2D eigenvalue weighted by Gasteiger charge is -2.07. The van der Waals surface area contributed by atoms with Crippen molar-refractivity contribution in [2.24, 2.45) is 0 Å². The van der Waals surface area contributed by atoms with Crippen LogP contribution < -0.4 is 5.32 Å². The van der Waals surface area contributed by atoms with Gasteiger partial charge < -0.3 is 10.4 Å². The molecule has 0 spiro atoms. The van der Waals surface area contributed by atoms with Gasteiger partial charge in [0.15, 0.2) is 0 Å². The van der Waals surface area contributed by atoms with Gasteiger partial charge >= 0.3 is 0 Å². The van der Waals surface area contributed by atoms with Crippen LogP contribution in [0.25, 0.3) is 0 Å². The molecule has 0 saturated carbocycles. The second-order valence-electron chi connectivity index (χ2n) is 4.59. The number of nitrogens with one attached hydrogen (secondary N) is 1. The third-order valence-corrected chi connectivity index (χ3v) is 3.90. The number of hydrogen-bond donors (Lipinski definition) is 2. The van der Waals surface area contributed by atoms with Crippen molar-refractivity contribution in [1.29, 1.82) is 0 Å². The second-order valence-corrected chi connectivity index (χ2v) is 5.63. The predicted octanol–water partition coefficient (Wildman–Crippen LogP) is 2.37. The summed E-state index contributed by atoms with van der Waals surface area (Å²) in [5.74, 6) is 5.27. The molecular formula is C17H17NO2S. The monoisotopic (exact) mass is 299 g/mol. The summed E-state index contributed by atoms with van der Waals surface area (Å²) in [4.78, 5) is 13.5. The van der Waals surface area contributed by atoms with Crippen LogP contribution >= 0.6 is 11.3 Å². The maximum Gasteiger partial charge on any atom is 0.252 e. The molecule has 1 amide bonds. The van der Waals surface area contributed by atoms with Crippen molar-refractivity contribution >= 4 is 17.2 Å². The van der Waals surface area contributed by atoms with Crippen LogP contribution in [0.1, 0.15) is 26.4 Å². The molecule has 1 aromatic heterocycles. The molecular weight excluding hydrogens is 282 g/mol. The lowest BCUT2D eigenvalue weighted by atomic mass is 10.0. The van der Waals surface area contributed by atoms with Crippen molar-refractivity contribution in [1.82, 2.24) is 5.32 Å². The van der Waals surface area contributed by atoms with Gasteiger partial charge in [-0.3, -0.25) is 4.79 Å². The van der Waals surface area contributed by atoms with E-state index in [1.54, 1.807) is 11.3 Å². The molecule has 0 saturated heterocycles. The average Bonchev–Trinajstić information content (AvgIpc) is 2.99. The minimum Gasteiger partial charge on any atom is -0.384 e. The molecule has 21 heavy (non-hydrogen) atoms. The van der Waals surface area contributed by atoms with Gasteiger partial charge in [-0.05, 0) is 36.9 Å². The highest BCUT2D eigenvalue weighted by Gasteiger charge is 2.10. The predicted molar refractivity (Wildman–Crippen MR) is 85.5 cm³/mol. The summed E-state index contributed by atoms with van der Waals surface area (Å²) in [6, 6.07) is 9.60. The van der Waals surface area contributed by atoms with Crippen LogP contribution in [0.2, 0.25) is 0 Å². The van der Waals surface area contributed by atoms with E-state index in [2.05, 4.69) is 23.2 Å². The summed E-state index contributed by atoms with van der Waals surface area (Å²) in [6.07, 6.45) is 0.826. The van der Waals surface area contributed by atoms with Gasteiger partial charge in [0.05, 0.1) is 5.56 Å². The number of carbonyl (C=O) groups is 1. The maximum atomic E-state index is 12.3. The molecule has 4 heteroatoms. The number of aliphatic hydroxyl groups excluding tert-OH is 1. The number of aliphatic hydroxyl groups is 1. The van der Waals surface area contributed by atoms with E-state index in [-0.39, 0.29) is 12.5 Å². The standard InChI is InChI=1S/C17H17NO2S/c1-13-6-7-14(4-2-10-19)16(12-13)17(20)18-9-8-15-5-3-11-21-15/h3,5-7,11-12,19H,8-10H2,1H3,(H,18,20). The average molecular weight is 299 g/mol. The Morgan fingerprint density at radius 3 is 2.95 bits per heavy atom. The second kappa shape index (κ2) is 7.63. The normalized spacial score (nSPS) is 9.81. The van der Waals surface area contributed by atoms with Crippen molar-refractivity contribution in [3.63, 3.8) is 0 Å². The van der Waals surface area contributed by atoms with E-state index in [4.69, 9.17) is 5.11 Å². The number of amides is 1. The minimum atomic E-state index is -0.215. The molecule has 0 bridgehead atoms. The first-order valence-corrected chi connectivity index (χ1v) is 7.59. The van der Waals surface area contributed by atoms with Gasteiger partial charge in [0.2, 0.25) is 0 Å². The van der Waals surface area contributed by atoms with Crippen LogP contribution in [-0.4, -0.2) is 24.2 Å². The van der Waals surface area contributed by atoms with Gasteiger partial charge in [-0.25, -0.2) is 0 Å². The Kier molecular flexibility index (Phi) is 5.56. The van der Waals surface area contributed by atoms with Crippen LogP contribution in [0.15, 0.2) is 35.7 Å². The van der Waals surface area contributed by atoms with E-state index >= 15 is 0 Å². The molecule has 0 radical (unpaired) electrons. The number of hydrogen-bond acceptors (Lipinski definition) is 3. The van der Waals surface area contributed by atoms with Gasteiger partial charge in [0.25, 0.3) is 5.91 Å². The Hall–Kier alpha value is -2.09. The number of carbonyl (C=O) groups excluding carboxylic acids is 1. The first-order chi connectivity index (χ1) is 10.2. The number of thiophene rings is 1. The Balaban J connectivity index is 2.05. The summed E-state index contributed by atoms with van der Waals surface area (Å²) in [5, 5.41) is 13.7. The lowest BCUT2D eigenvalue weighted by Crippen LogP contribution is -2.26. The smallest absolute Gasteiger partial charge is 0.252 e. The fourth-order valence-corrected chi connectivity index (χ4v) is 2.65. The highest BCUT2D eigenvalue weighted by atomic mass is 32.1. The molecule has 3 nitrogen and oxygen atoms in total. The summed E-state index contributed by atoms with van der Waals surface area (Å²) in [7, 11) is 0. The van der Waals surface area contributed by atoms with Crippen LogP contribution in [0, 0.1) is 18.8 Å². The van der Waals surface area contributed by atoms with E-state index in [1.165, 1.54) is 4.88 Å². The molecule has 108 valence electrons. The van der Waals surface area contributed by atoms with E-state index in [1.807, 2.05) is 36.6 Å². The zero-order chi connectivity index (χ0) is 15.1. The first-order valence-electron chi connectivity index (χ1n) is 6.71. The molecule has 1 aromatic carbocycles. The number of rotatable bonds is 4. The van der Waals surface area contributed by atoms with E-state index in [0.717, 1.165) is 12.0 Å². The minimum absolute atomic E-state index is 0.127. The molecule has 2 aromatic rings. The molecule has 0 aliphatic rings. The fraction of sp³-hybridized carbons (Fsp3) is 0.235. The van der Waals surface area contributed by atoms with Crippen molar-refractivity contribution in [3.8, 4) is 11.8 Å². The highest BCUT2D eigenvalue weighted by molar-refractivity contribution is 7.09. The Bertz CT molecular complexity index is 666. The lowest BCUT2D eigenvalue weighted by molar-refractivity contribution is 0.0954. The van der Waals surface area contributed by atoms with Crippen molar-refractivity contribution in [2.45, 2.75) is 13.3 Å². The zero-order valence-corrected chi connectivity index (χ0v) is 12.7. The SMILES string of the molecule is Cc1ccc(C#CCO)c(C(=O)NCCc2cccs2)c1. The summed E-state index contributed by atoms with van der Waals surface area (Å²) in [5.41, 5.74) is 2.21. The van der Waals surface area contributed by atoms with Crippen molar-refractivity contribution in [3.05, 3.63) is 57.3 Å². The molecule has 0 aliphatic heterocycles. The third-order valence-electron chi connectivity index (χ3n) is 2.96. The molecule has 0 fully saturated rings. The van der Waals surface area contributed by atoms with Crippen LogP contribution in [0.5, 0.6) is 0 Å². The zero-order valence-electron chi connectivity index (χ0n) is 11.8. The van der Waals surface area contributed by atoms with Gasteiger partial charge in [0, 0.05) is 17.0 Å². The summed E-state index contributed by atoms with van der Waals surface area (Å²) in [6.45, 7) is 2.32. The molecule has 0 aliphatic carbocycles. The molecule has 1 heterocycles. The van der Waals surface area contributed by atoms with E-state index < -0.39 is 0 Å². The Labute approximate surface area is 128 Å².